The van der Waals surface area contributed by atoms with Gasteiger partial charge in [-0.05, 0) is 30.4 Å². The van der Waals surface area contributed by atoms with Crippen molar-refractivity contribution in [2.45, 2.75) is 32.6 Å². The Balaban J connectivity index is 2.28. The van der Waals surface area contributed by atoms with Gasteiger partial charge < -0.3 is 10.1 Å². The summed E-state index contributed by atoms with van der Waals surface area (Å²) >= 11 is 0. The molecule has 1 amide bonds. The number of ether oxygens (including phenoxy) is 1. The molecule has 2 rings (SSSR count). The van der Waals surface area contributed by atoms with Crippen molar-refractivity contribution in [3.63, 3.8) is 0 Å². The van der Waals surface area contributed by atoms with Crippen LogP contribution >= 0.6 is 0 Å². The fourth-order valence-corrected chi connectivity index (χ4v) is 1.96. The molecule has 0 atom stereocenters. The number of anilines is 1. The van der Waals surface area contributed by atoms with Crippen LogP contribution in [-0.4, -0.2) is 17.5 Å². The Morgan fingerprint density at radius 3 is 2.94 bits per heavy atom. The van der Waals surface area contributed by atoms with Crippen molar-refractivity contribution in [3.8, 4) is 5.75 Å². The SMILES string of the molecule is CCC(CC)c1cnc2c(c1)OCC(=O)N2. The number of pyridine rings is 1. The standard InChI is InChI=1S/C12H16N2O2/c1-3-8(4-2)9-5-10-12(13-6-9)14-11(15)7-16-10/h5-6,8H,3-4,7H2,1-2H3,(H,13,14,15). The zero-order chi connectivity index (χ0) is 11.5. The first-order valence-corrected chi connectivity index (χ1v) is 5.67. The van der Waals surface area contributed by atoms with E-state index in [4.69, 9.17) is 4.74 Å². The van der Waals surface area contributed by atoms with E-state index in [-0.39, 0.29) is 12.5 Å². The molecule has 0 radical (unpaired) electrons. The Morgan fingerprint density at radius 1 is 1.50 bits per heavy atom. The summed E-state index contributed by atoms with van der Waals surface area (Å²) in [5.74, 6) is 1.59. The highest BCUT2D eigenvalue weighted by Gasteiger charge is 2.18. The van der Waals surface area contributed by atoms with Gasteiger partial charge in [0.2, 0.25) is 0 Å². The second kappa shape index (κ2) is 4.51. The molecule has 0 unspecified atom stereocenters. The fraction of sp³-hybridized carbons (Fsp3) is 0.500. The van der Waals surface area contributed by atoms with Gasteiger partial charge in [-0.2, -0.15) is 0 Å². The van der Waals surface area contributed by atoms with E-state index in [9.17, 15) is 4.79 Å². The third kappa shape index (κ3) is 2.01. The number of carbonyl (C=O) groups is 1. The number of hydrogen-bond acceptors (Lipinski definition) is 3. The normalized spacial score (nSPS) is 14.3. The average Bonchev–Trinajstić information content (AvgIpc) is 2.31. The first-order chi connectivity index (χ1) is 7.74. The van der Waals surface area contributed by atoms with Gasteiger partial charge in [-0.3, -0.25) is 4.79 Å². The van der Waals surface area contributed by atoms with Crippen LogP contribution in [0, 0.1) is 0 Å². The minimum absolute atomic E-state index is 0.0844. The van der Waals surface area contributed by atoms with E-state index in [0.717, 1.165) is 12.8 Å². The molecule has 0 saturated heterocycles. The van der Waals surface area contributed by atoms with Crippen LogP contribution in [0.15, 0.2) is 12.3 Å². The summed E-state index contributed by atoms with van der Waals surface area (Å²) in [4.78, 5) is 15.3. The molecule has 0 aromatic carbocycles. The molecule has 1 aliphatic heterocycles. The molecular formula is C12H16N2O2. The van der Waals surface area contributed by atoms with Crippen molar-refractivity contribution in [3.05, 3.63) is 17.8 Å². The average molecular weight is 220 g/mol. The lowest BCUT2D eigenvalue weighted by molar-refractivity contribution is -0.118. The lowest BCUT2D eigenvalue weighted by atomic mass is 9.95. The first-order valence-electron chi connectivity index (χ1n) is 5.67. The summed E-state index contributed by atoms with van der Waals surface area (Å²) in [6.45, 7) is 4.41. The molecule has 4 nitrogen and oxygen atoms in total. The molecule has 1 aromatic heterocycles. The second-order valence-electron chi connectivity index (χ2n) is 3.97. The van der Waals surface area contributed by atoms with Crippen LogP contribution in [0.1, 0.15) is 38.2 Å². The fourth-order valence-electron chi connectivity index (χ4n) is 1.96. The Labute approximate surface area is 95.0 Å². The van der Waals surface area contributed by atoms with Crippen molar-refractivity contribution >= 4 is 11.7 Å². The lowest BCUT2D eigenvalue weighted by Crippen LogP contribution is -2.26. The van der Waals surface area contributed by atoms with Gasteiger partial charge in [0.25, 0.3) is 5.91 Å². The van der Waals surface area contributed by atoms with Crippen LogP contribution in [0.4, 0.5) is 5.82 Å². The number of nitrogens with one attached hydrogen (secondary N) is 1. The van der Waals surface area contributed by atoms with E-state index in [1.165, 1.54) is 5.56 Å². The summed E-state index contributed by atoms with van der Waals surface area (Å²) in [6, 6.07) is 1.99. The van der Waals surface area contributed by atoms with Gasteiger partial charge in [0.15, 0.2) is 18.2 Å². The van der Waals surface area contributed by atoms with E-state index in [0.29, 0.717) is 17.5 Å². The van der Waals surface area contributed by atoms with E-state index < -0.39 is 0 Å². The van der Waals surface area contributed by atoms with Gasteiger partial charge in [-0.15, -0.1) is 0 Å². The van der Waals surface area contributed by atoms with E-state index in [1.54, 1.807) is 0 Å². The number of aromatic nitrogens is 1. The smallest absolute Gasteiger partial charge is 0.263 e. The van der Waals surface area contributed by atoms with Crippen LogP contribution in [0.3, 0.4) is 0 Å². The van der Waals surface area contributed by atoms with Crippen LogP contribution < -0.4 is 10.1 Å². The summed E-state index contributed by atoms with van der Waals surface area (Å²) in [6.07, 6.45) is 4.00. The first kappa shape index (κ1) is 10.9. The largest absolute Gasteiger partial charge is 0.480 e. The number of rotatable bonds is 3. The molecule has 0 aliphatic carbocycles. The summed E-state index contributed by atoms with van der Waals surface area (Å²) < 4.78 is 5.34. The monoisotopic (exact) mass is 220 g/mol. The molecule has 0 spiro atoms. The minimum atomic E-state index is -0.143. The summed E-state index contributed by atoms with van der Waals surface area (Å²) in [5, 5.41) is 2.69. The molecule has 0 fully saturated rings. The predicted octanol–water partition coefficient (Wildman–Crippen LogP) is 2.32. The zero-order valence-corrected chi connectivity index (χ0v) is 9.62. The van der Waals surface area contributed by atoms with E-state index in [2.05, 4.69) is 24.1 Å². The summed E-state index contributed by atoms with van der Waals surface area (Å²) in [5.41, 5.74) is 1.18. The Kier molecular flexibility index (Phi) is 3.08. The van der Waals surface area contributed by atoms with Crippen molar-refractivity contribution in [1.82, 2.24) is 4.98 Å². The molecule has 16 heavy (non-hydrogen) atoms. The van der Waals surface area contributed by atoms with Gasteiger partial charge in [0.1, 0.15) is 0 Å². The van der Waals surface area contributed by atoms with Gasteiger partial charge in [0.05, 0.1) is 0 Å². The van der Waals surface area contributed by atoms with Crippen LogP contribution in [-0.2, 0) is 4.79 Å². The molecule has 0 bridgehead atoms. The van der Waals surface area contributed by atoms with Crippen molar-refractivity contribution in [2.75, 3.05) is 11.9 Å². The molecule has 1 N–H and O–H groups in total. The number of fused-ring (bicyclic) bond motifs is 1. The third-order valence-electron chi connectivity index (χ3n) is 2.95. The molecule has 1 aromatic rings. The van der Waals surface area contributed by atoms with Crippen molar-refractivity contribution in [1.29, 1.82) is 0 Å². The Bertz CT molecular complexity index is 400. The van der Waals surface area contributed by atoms with Crippen LogP contribution in [0.2, 0.25) is 0 Å². The molecule has 2 heterocycles. The maximum Gasteiger partial charge on any atom is 0.263 e. The van der Waals surface area contributed by atoms with E-state index >= 15 is 0 Å². The summed E-state index contributed by atoms with van der Waals surface area (Å²) in [7, 11) is 0. The molecule has 0 saturated carbocycles. The van der Waals surface area contributed by atoms with Gasteiger partial charge in [0, 0.05) is 6.20 Å². The minimum Gasteiger partial charge on any atom is -0.480 e. The molecule has 1 aliphatic rings. The lowest BCUT2D eigenvalue weighted by Gasteiger charge is -2.19. The predicted molar refractivity (Wildman–Crippen MR) is 61.7 cm³/mol. The number of hydrogen-bond donors (Lipinski definition) is 1. The highest BCUT2D eigenvalue weighted by Crippen LogP contribution is 2.31. The van der Waals surface area contributed by atoms with Gasteiger partial charge in [-0.1, -0.05) is 13.8 Å². The quantitative estimate of drug-likeness (QED) is 0.850. The van der Waals surface area contributed by atoms with Crippen molar-refractivity contribution < 1.29 is 9.53 Å². The maximum atomic E-state index is 11.1. The zero-order valence-electron chi connectivity index (χ0n) is 9.62. The van der Waals surface area contributed by atoms with Gasteiger partial charge in [-0.25, -0.2) is 4.98 Å². The maximum absolute atomic E-state index is 11.1. The van der Waals surface area contributed by atoms with Crippen LogP contribution in [0.25, 0.3) is 0 Å². The number of amides is 1. The molecule has 4 heteroatoms. The van der Waals surface area contributed by atoms with Crippen LogP contribution in [0.5, 0.6) is 5.75 Å². The van der Waals surface area contributed by atoms with Gasteiger partial charge >= 0.3 is 0 Å². The number of carbonyl (C=O) groups excluding carboxylic acids is 1. The molecule has 86 valence electrons. The second-order valence-corrected chi connectivity index (χ2v) is 3.97. The highest BCUT2D eigenvalue weighted by atomic mass is 16.5. The Hall–Kier alpha value is -1.58. The topological polar surface area (TPSA) is 51.2 Å². The molecular weight excluding hydrogens is 204 g/mol. The Morgan fingerprint density at radius 2 is 2.25 bits per heavy atom. The highest BCUT2D eigenvalue weighted by molar-refractivity contribution is 5.94. The van der Waals surface area contributed by atoms with E-state index in [1.807, 2.05) is 12.3 Å². The third-order valence-corrected chi connectivity index (χ3v) is 2.95. The number of nitrogens with zero attached hydrogens (tertiary/aromatic N) is 1. The van der Waals surface area contributed by atoms with Crippen molar-refractivity contribution in [2.24, 2.45) is 0 Å².